The van der Waals surface area contributed by atoms with Gasteiger partial charge < -0.3 is 5.11 Å². The quantitative estimate of drug-likeness (QED) is 0.679. The van der Waals surface area contributed by atoms with Crippen molar-refractivity contribution in [3.8, 4) is 0 Å². The van der Waals surface area contributed by atoms with Crippen LogP contribution in [0.1, 0.15) is 16.1 Å². The van der Waals surface area contributed by atoms with Crippen molar-refractivity contribution in [1.82, 2.24) is 9.38 Å². The van der Waals surface area contributed by atoms with Crippen LogP contribution < -0.4 is 0 Å². The minimum absolute atomic E-state index is 0.268. The summed E-state index contributed by atoms with van der Waals surface area (Å²) in [6, 6.07) is 0.268. The summed E-state index contributed by atoms with van der Waals surface area (Å²) in [6.07, 6.45) is -4.27. The number of nitro groups is 1. The third-order valence-corrected chi connectivity index (χ3v) is 2.73. The van der Waals surface area contributed by atoms with E-state index in [2.05, 4.69) is 4.98 Å². The van der Waals surface area contributed by atoms with Gasteiger partial charge in [0.05, 0.1) is 11.1 Å². The fourth-order valence-corrected chi connectivity index (χ4v) is 1.80. The molecule has 7 nitrogen and oxygen atoms in total. The summed E-state index contributed by atoms with van der Waals surface area (Å²) < 4.78 is 39.0. The second-order valence-electron chi connectivity index (χ2n) is 3.62. The summed E-state index contributed by atoms with van der Waals surface area (Å²) in [5.74, 6) is -1.64. The second kappa shape index (κ2) is 4.34. The number of fused-ring (bicyclic) bond motifs is 1. The summed E-state index contributed by atoms with van der Waals surface area (Å²) in [5.41, 5.74) is -3.97. The lowest BCUT2D eigenvalue weighted by molar-refractivity contribution is -0.385. The molecule has 0 aliphatic carbocycles. The summed E-state index contributed by atoms with van der Waals surface area (Å²) in [5, 5.41) is 18.7. The Morgan fingerprint density at radius 1 is 1.50 bits per heavy atom. The first-order valence-corrected chi connectivity index (χ1v) is 5.17. The first-order valence-electron chi connectivity index (χ1n) is 4.79. The molecule has 0 spiro atoms. The van der Waals surface area contributed by atoms with Crippen LogP contribution in [-0.4, -0.2) is 25.4 Å². The molecule has 0 bridgehead atoms. The number of carbonyl (C=O) groups is 1. The van der Waals surface area contributed by atoms with Crippen molar-refractivity contribution in [3.05, 3.63) is 38.8 Å². The fraction of sp³-hybridized carbons (Fsp3) is 0.111. The van der Waals surface area contributed by atoms with Gasteiger partial charge in [-0.1, -0.05) is 11.6 Å². The standard InChI is InChI=1S/C9H3ClF3N3O4/c10-6-5(8(17)18)14-7-4(9(11,12)13)1-3(16(19)20)2-15(6)7/h1-2H,(H,17,18). The molecule has 2 aromatic rings. The predicted molar refractivity (Wildman–Crippen MR) is 58.8 cm³/mol. The molecule has 0 saturated heterocycles. The molecule has 0 unspecified atom stereocenters. The van der Waals surface area contributed by atoms with E-state index in [4.69, 9.17) is 16.7 Å². The van der Waals surface area contributed by atoms with Gasteiger partial charge in [0, 0.05) is 6.07 Å². The molecule has 20 heavy (non-hydrogen) atoms. The van der Waals surface area contributed by atoms with Crippen LogP contribution in [0, 0.1) is 10.1 Å². The van der Waals surface area contributed by atoms with Crippen LogP contribution in [0.2, 0.25) is 5.15 Å². The normalized spacial score (nSPS) is 11.8. The number of alkyl halides is 3. The van der Waals surface area contributed by atoms with Crippen molar-refractivity contribution >= 4 is 28.9 Å². The molecule has 11 heteroatoms. The molecule has 0 amide bonds. The van der Waals surface area contributed by atoms with Crippen LogP contribution >= 0.6 is 11.6 Å². The van der Waals surface area contributed by atoms with E-state index in [0.717, 1.165) is 0 Å². The van der Waals surface area contributed by atoms with Gasteiger partial charge in [-0.2, -0.15) is 13.2 Å². The van der Waals surface area contributed by atoms with Gasteiger partial charge in [-0.05, 0) is 0 Å². The van der Waals surface area contributed by atoms with E-state index in [1.807, 2.05) is 0 Å². The Hall–Kier alpha value is -2.36. The first-order chi connectivity index (χ1) is 9.12. The average molecular weight is 310 g/mol. The molecule has 0 aliphatic rings. The lowest BCUT2D eigenvalue weighted by atomic mass is 10.2. The number of rotatable bonds is 2. The Labute approximate surface area is 112 Å². The van der Waals surface area contributed by atoms with Gasteiger partial charge in [-0.25, -0.2) is 9.78 Å². The number of nitrogens with zero attached hydrogens (tertiary/aromatic N) is 3. The molecule has 0 saturated carbocycles. The highest BCUT2D eigenvalue weighted by Crippen LogP contribution is 2.36. The predicted octanol–water partition coefficient (Wildman–Crippen LogP) is 2.61. The fourth-order valence-electron chi connectivity index (χ4n) is 1.55. The number of imidazole rings is 1. The minimum atomic E-state index is -4.95. The van der Waals surface area contributed by atoms with Crippen LogP contribution in [0.25, 0.3) is 5.65 Å². The number of pyridine rings is 1. The average Bonchev–Trinajstić information content (AvgIpc) is 2.64. The summed E-state index contributed by atoms with van der Waals surface area (Å²) in [6.45, 7) is 0. The molecule has 0 fully saturated rings. The Balaban J connectivity index is 2.93. The number of aromatic carboxylic acids is 1. The minimum Gasteiger partial charge on any atom is -0.476 e. The lowest BCUT2D eigenvalue weighted by Gasteiger charge is -2.07. The molecule has 2 heterocycles. The van der Waals surface area contributed by atoms with Crippen molar-refractivity contribution in [2.24, 2.45) is 0 Å². The third-order valence-electron chi connectivity index (χ3n) is 2.37. The van der Waals surface area contributed by atoms with Gasteiger partial charge >= 0.3 is 12.1 Å². The maximum Gasteiger partial charge on any atom is 0.420 e. The van der Waals surface area contributed by atoms with Gasteiger partial charge in [0.1, 0.15) is 10.7 Å². The molecular weight excluding hydrogens is 307 g/mol. The van der Waals surface area contributed by atoms with Crippen LogP contribution in [0.3, 0.4) is 0 Å². The number of aromatic nitrogens is 2. The monoisotopic (exact) mass is 309 g/mol. The van der Waals surface area contributed by atoms with Crippen LogP contribution in [-0.2, 0) is 6.18 Å². The SMILES string of the molecule is O=C(O)c1nc2c(C(F)(F)F)cc([N+](=O)[O-])cn2c1Cl. The van der Waals surface area contributed by atoms with Gasteiger partial charge in [-0.3, -0.25) is 14.5 Å². The maximum atomic E-state index is 12.8. The Kier molecular flexibility index (Phi) is 3.05. The molecule has 0 atom stereocenters. The van der Waals surface area contributed by atoms with Crippen molar-refractivity contribution in [2.45, 2.75) is 6.18 Å². The summed E-state index contributed by atoms with van der Waals surface area (Å²) >= 11 is 5.58. The number of hydrogen-bond donors (Lipinski definition) is 1. The maximum absolute atomic E-state index is 12.8. The van der Waals surface area contributed by atoms with Crippen LogP contribution in [0.4, 0.5) is 18.9 Å². The van der Waals surface area contributed by atoms with E-state index in [1.54, 1.807) is 0 Å². The van der Waals surface area contributed by atoms with Crippen molar-refractivity contribution in [2.75, 3.05) is 0 Å². The van der Waals surface area contributed by atoms with E-state index < -0.39 is 44.8 Å². The van der Waals surface area contributed by atoms with Gasteiger partial charge in [-0.15, -0.1) is 0 Å². The van der Waals surface area contributed by atoms with Crippen LogP contribution in [0.5, 0.6) is 0 Å². The van der Waals surface area contributed by atoms with Crippen LogP contribution in [0.15, 0.2) is 12.3 Å². The van der Waals surface area contributed by atoms with Gasteiger partial charge in [0.15, 0.2) is 11.3 Å². The van der Waals surface area contributed by atoms with E-state index in [-0.39, 0.29) is 6.07 Å². The zero-order chi connectivity index (χ0) is 15.2. The third kappa shape index (κ3) is 2.13. The van der Waals surface area contributed by atoms with E-state index in [0.29, 0.717) is 10.6 Å². The smallest absolute Gasteiger partial charge is 0.420 e. The lowest BCUT2D eigenvalue weighted by Crippen LogP contribution is -2.09. The number of carboxylic acids is 1. The van der Waals surface area contributed by atoms with Crippen molar-refractivity contribution in [3.63, 3.8) is 0 Å². The molecule has 0 radical (unpaired) electrons. The highest BCUT2D eigenvalue weighted by molar-refractivity contribution is 6.32. The molecule has 106 valence electrons. The zero-order valence-corrected chi connectivity index (χ0v) is 9.94. The Morgan fingerprint density at radius 2 is 2.10 bits per heavy atom. The number of hydrogen-bond acceptors (Lipinski definition) is 4. The molecular formula is C9H3ClF3N3O4. The number of halogens is 4. The molecule has 1 N–H and O–H groups in total. The molecule has 0 aliphatic heterocycles. The Morgan fingerprint density at radius 3 is 2.55 bits per heavy atom. The summed E-state index contributed by atoms with van der Waals surface area (Å²) in [7, 11) is 0. The zero-order valence-electron chi connectivity index (χ0n) is 9.18. The van der Waals surface area contributed by atoms with Crippen molar-refractivity contribution in [1.29, 1.82) is 0 Å². The second-order valence-corrected chi connectivity index (χ2v) is 3.97. The Bertz CT molecular complexity index is 740. The largest absolute Gasteiger partial charge is 0.476 e. The van der Waals surface area contributed by atoms with Crippen molar-refractivity contribution < 1.29 is 28.0 Å². The highest BCUT2D eigenvalue weighted by atomic mass is 35.5. The molecule has 2 rings (SSSR count). The first kappa shape index (κ1) is 14.1. The highest BCUT2D eigenvalue weighted by Gasteiger charge is 2.37. The van der Waals surface area contributed by atoms with Gasteiger partial charge in [0.2, 0.25) is 0 Å². The van der Waals surface area contributed by atoms with E-state index in [9.17, 15) is 28.1 Å². The number of carboxylic acid groups (broad SMARTS) is 1. The van der Waals surface area contributed by atoms with E-state index in [1.165, 1.54) is 0 Å². The summed E-state index contributed by atoms with van der Waals surface area (Å²) in [4.78, 5) is 23.6. The molecule has 2 aromatic heterocycles. The van der Waals surface area contributed by atoms with Gasteiger partial charge in [0.25, 0.3) is 5.69 Å². The molecule has 0 aromatic carbocycles. The van der Waals surface area contributed by atoms with E-state index >= 15 is 0 Å². The topological polar surface area (TPSA) is 97.7 Å².